The Labute approximate surface area is 168 Å². The van der Waals surface area contributed by atoms with Gasteiger partial charge in [0.15, 0.2) is 16.6 Å². The Morgan fingerprint density at radius 1 is 1.30 bits per heavy atom. The Morgan fingerprint density at radius 3 is 2.67 bits per heavy atom. The lowest BCUT2D eigenvalue weighted by atomic mass is 9.92. The quantitative estimate of drug-likeness (QED) is 0.755. The first-order valence-corrected chi connectivity index (χ1v) is 9.32. The van der Waals surface area contributed by atoms with Crippen LogP contribution < -0.4 is 20.5 Å². The van der Waals surface area contributed by atoms with E-state index < -0.39 is 6.04 Å². The number of benzene rings is 1. The molecule has 1 fully saturated rings. The van der Waals surface area contributed by atoms with Gasteiger partial charge in [0.2, 0.25) is 5.91 Å². The average molecular weight is 414 g/mol. The monoisotopic (exact) mass is 413 g/mol. The maximum absolute atomic E-state index is 12.4. The van der Waals surface area contributed by atoms with E-state index >= 15 is 0 Å². The highest BCUT2D eigenvalue weighted by Gasteiger charge is 2.27. The lowest BCUT2D eigenvalue weighted by Crippen LogP contribution is -2.43. The summed E-state index contributed by atoms with van der Waals surface area (Å²) in [6.07, 6.45) is 1.62. The molecule has 148 valence electrons. The second kappa shape index (κ2) is 9.89. The maximum Gasteiger partial charge on any atom is 0.243 e. The van der Waals surface area contributed by atoms with E-state index in [1.807, 2.05) is 23.6 Å². The van der Waals surface area contributed by atoms with Crippen molar-refractivity contribution in [2.24, 2.45) is 11.7 Å². The number of carbonyl (C=O) groups excluding carboxylic acids is 1. The smallest absolute Gasteiger partial charge is 0.243 e. The molecule has 2 heterocycles. The minimum absolute atomic E-state index is 0. The second-order valence-electron chi connectivity index (χ2n) is 6.07. The SMILES string of the molecule is COc1ccc(-c2csc(NC(=O)C(N)C3CCOCC3)n2)cc1OC.Cl. The van der Waals surface area contributed by atoms with Crippen LogP contribution in [0.25, 0.3) is 11.3 Å². The van der Waals surface area contributed by atoms with E-state index in [4.69, 9.17) is 19.9 Å². The van der Waals surface area contributed by atoms with Crippen molar-refractivity contribution in [3.63, 3.8) is 0 Å². The number of aromatic nitrogens is 1. The summed E-state index contributed by atoms with van der Waals surface area (Å²) >= 11 is 1.36. The second-order valence-corrected chi connectivity index (χ2v) is 6.93. The third-order valence-electron chi connectivity index (χ3n) is 4.49. The Morgan fingerprint density at radius 2 is 2.00 bits per heavy atom. The molecule has 1 atom stereocenters. The molecule has 1 aromatic carbocycles. The Balaban J connectivity index is 0.00000261. The van der Waals surface area contributed by atoms with E-state index in [2.05, 4.69) is 10.3 Å². The van der Waals surface area contributed by atoms with Gasteiger partial charge in [-0.15, -0.1) is 23.7 Å². The van der Waals surface area contributed by atoms with Gasteiger partial charge in [-0.1, -0.05) is 0 Å². The van der Waals surface area contributed by atoms with Gasteiger partial charge in [0, 0.05) is 24.2 Å². The first-order valence-electron chi connectivity index (χ1n) is 8.44. The third kappa shape index (κ3) is 5.10. The molecule has 1 unspecified atom stereocenters. The zero-order valence-corrected chi connectivity index (χ0v) is 16.9. The molecule has 0 radical (unpaired) electrons. The van der Waals surface area contributed by atoms with Gasteiger partial charge in [-0.25, -0.2) is 4.98 Å². The van der Waals surface area contributed by atoms with Gasteiger partial charge in [-0.05, 0) is 37.0 Å². The number of carbonyl (C=O) groups is 1. The van der Waals surface area contributed by atoms with Crippen LogP contribution in [0.3, 0.4) is 0 Å². The molecule has 0 aliphatic carbocycles. The normalized spacial score (nSPS) is 15.5. The summed E-state index contributed by atoms with van der Waals surface area (Å²) in [5.74, 6) is 1.23. The summed E-state index contributed by atoms with van der Waals surface area (Å²) in [6, 6.07) is 5.03. The zero-order chi connectivity index (χ0) is 18.5. The van der Waals surface area contributed by atoms with E-state index in [0.29, 0.717) is 29.8 Å². The average Bonchev–Trinajstić information content (AvgIpc) is 3.15. The summed E-state index contributed by atoms with van der Waals surface area (Å²) in [5.41, 5.74) is 7.74. The summed E-state index contributed by atoms with van der Waals surface area (Å²) in [7, 11) is 3.18. The number of hydrogen-bond donors (Lipinski definition) is 2. The molecule has 3 rings (SSSR count). The molecule has 3 N–H and O–H groups in total. The number of amides is 1. The predicted octanol–water partition coefficient (Wildman–Crippen LogP) is 2.94. The van der Waals surface area contributed by atoms with E-state index in [0.717, 1.165) is 24.1 Å². The summed E-state index contributed by atoms with van der Waals surface area (Å²) in [4.78, 5) is 16.9. The highest BCUT2D eigenvalue weighted by atomic mass is 35.5. The van der Waals surface area contributed by atoms with Crippen LogP contribution in [0, 0.1) is 5.92 Å². The van der Waals surface area contributed by atoms with Crippen LogP contribution in [0.15, 0.2) is 23.6 Å². The van der Waals surface area contributed by atoms with Crippen molar-refractivity contribution in [2.45, 2.75) is 18.9 Å². The van der Waals surface area contributed by atoms with Gasteiger partial charge in [0.05, 0.1) is 26.0 Å². The number of methoxy groups -OCH3 is 2. The van der Waals surface area contributed by atoms with Crippen LogP contribution in [0.2, 0.25) is 0 Å². The predicted molar refractivity (Wildman–Crippen MR) is 108 cm³/mol. The number of nitrogens with one attached hydrogen (secondary N) is 1. The van der Waals surface area contributed by atoms with Gasteiger partial charge < -0.3 is 25.3 Å². The Hall–Kier alpha value is -1.87. The van der Waals surface area contributed by atoms with Crippen molar-refractivity contribution in [2.75, 3.05) is 32.8 Å². The molecule has 0 spiro atoms. The number of nitrogens with zero attached hydrogens (tertiary/aromatic N) is 1. The number of thiazole rings is 1. The molecule has 1 aromatic heterocycles. The molecular weight excluding hydrogens is 390 g/mol. The molecule has 1 aliphatic heterocycles. The first-order chi connectivity index (χ1) is 12.6. The molecule has 7 nitrogen and oxygen atoms in total. The van der Waals surface area contributed by atoms with Crippen molar-refractivity contribution in [3.8, 4) is 22.8 Å². The third-order valence-corrected chi connectivity index (χ3v) is 5.25. The Kier molecular flexibility index (Phi) is 7.85. The maximum atomic E-state index is 12.4. The minimum atomic E-state index is -0.549. The highest BCUT2D eigenvalue weighted by Crippen LogP contribution is 2.33. The van der Waals surface area contributed by atoms with E-state index in [1.165, 1.54) is 11.3 Å². The van der Waals surface area contributed by atoms with Gasteiger partial charge in [0.25, 0.3) is 0 Å². The lowest BCUT2D eigenvalue weighted by molar-refractivity contribution is -0.119. The highest BCUT2D eigenvalue weighted by molar-refractivity contribution is 7.14. The van der Waals surface area contributed by atoms with E-state index in [1.54, 1.807) is 14.2 Å². The number of nitrogens with two attached hydrogens (primary N) is 1. The lowest BCUT2D eigenvalue weighted by Gasteiger charge is -2.26. The number of halogens is 1. The molecule has 2 aromatic rings. The number of anilines is 1. The van der Waals surface area contributed by atoms with Crippen LogP contribution in [0.4, 0.5) is 5.13 Å². The molecule has 0 bridgehead atoms. The standard InChI is InChI=1S/C18H23N3O4S.ClH/c1-23-14-4-3-12(9-15(14)24-2)13-10-26-18(20-13)21-17(22)16(19)11-5-7-25-8-6-11;/h3-4,9-11,16H,5-8,19H2,1-2H3,(H,20,21,22);1H. The van der Waals surface area contributed by atoms with Crippen LogP contribution in [-0.2, 0) is 9.53 Å². The number of ether oxygens (including phenoxy) is 3. The van der Waals surface area contributed by atoms with Crippen LogP contribution in [0.5, 0.6) is 11.5 Å². The van der Waals surface area contributed by atoms with Gasteiger partial charge in [-0.2, -0.15) is 0 Å². The molecule has 1 amide bonds. The summed E-state index contributed by atoms with van der Waals surface area (Å²) in [6.45, 7) is 1.32. The van der Waals surface area contributed by atoms with Crippen molar-refractivity contribution in [1.82, 2.24) is 4.98 Å². The topological polar surface area (TPSA) is 95.7 Å². The Bertz CT molecular complexity index is 765. The van der Waals surface area contributed by atoms with Crippen molar-refractivity contribution in [3.05, 3.63) is 23.6 Å². The van der Waals surface area contributed by atoms with Gasteiger partial charge >= 0.3 is 0 Å². The molecule has 1 saturated heterocycles. The molecule has 0 saturated carbocycles. The summed E-state index contributed by atoms with van der Waals surface area (Å²) < 4.78 is 15.9. The molecule has 9 heteroatoms. The molecular formula is C18H24ClN3O4S. The largest absolute Gasteiger partial charge is 0.493 e. The van der Waals surface area contributed by atoms with Crippen LogP contribution in [0.1, 0.15) is 12.8 Å². The number of rotatable bonds is 6. The fourth-order valence-corrected chi connectivity index (χ4v) is 3.66. The van der Waals surface area contributed by atoms with Crippen LogP contribution in [-0.4, -0.2) is 44.4 Å². The van der Waals surface area contributed by atoms with E-state index in [9.17, 15) is 4.79 Å². The summed E-state index contributed by atoms with van der Waals surface area (Å²) in [5, 5.41) is 5.24. The van der Waals surface area contributed by atoms with Gasteiger partial charge in [0.1, 0.15) is 0 Å². The minimum Gasteiger partial charge on any atom is -0.493 e. The van der Waals surface area contributed by atoms with E-state index in [-0.39, 0.29) is 24.2 Å². The van der Waals surface area contributed by atoms with Crippen molar-refractivity contribution >= 4 is 34.8 Å². The fourth-order valence-electron chi connectivity index (χ4n) is 2.94. The van der Waals surface area contributed by atoms with Crippen molar-refractivity contribution in [1.29, 1.82) is 0 Å². The number of hydrogen-bond acceptors (Lipinski definition) is 7. The molecule has 27 heavy (non-hydrogen) atoms. The van der Waals surface area contributed by atoms with Crippen molar-refractivity contribution < 1.29 is 19.0 Å². The molecule has 1 aliphatic rings. The van der Waals surface area contributed by atoms with Crippen LogP contribution >= 0.6 is 23.7 Å². The fraction of sp³-hybridized carbons (Fsp3) is 0.444. The van der Waals surface area contributed by atoms with Gasteiger partial charge in [-0.3, -0.25) is 4.79 Å². The first kappa shape index (κ1) is 21.4. The zero-order valence-electron chi connectivity index (χ0n) is 15.3.